The number of H-pyrrole nitrogens is 1. The van der Waals surface area contributed by atoms with Crippen LogP contribution >= 0.6 is 0 Å². The number of ketones is 1. The van der Waals surface area contributed by atoms with Gasteiger partial charge in [-0.25, -0.2) is 4.98 Å². The molecule has 5 rings (SSSR count). The lowest BCUT2D eigenvalue weighted by atomic mass is 10.1. The predicted octanol–water partition coefficient (Wildman–Crippen LogP) is 4.59. The molecular weight excluding hydrogens is 360 g/mol. The number of pyridine rings is 2. The summed E-state index contributed by atoms with van der Waals surface area (Å²) in [5.74, 6) is 0.223. The summed E-state index contributed by atoms with van der Waals surface area (Å²) in [7, 11) is 0. The minimum absolute atomic E-state index is 0.113. The van der Waals surface area contributed by atoms with Gasteiger partial charge in [-0.2, -0.15) is 0 Å². The van der Waals surface area contributed by atoms with Crippen LogP contribution in [0, 0.1) is 0 Å². The molecule has 1 aromatic carbocycles. The van der Waals surface area contributed by atoms with Crippen LogP contribution in [-0.4, -0.2) is 25.1 Å². The summed E-state index contributed by atoms with van der Waals surface area (Å²) < 4.78 is 2.09. The lowest BCUT2D eigenvalue weighted by Gasteiger charge is -2.04. The third-order valence-electron chi connectivity index (χ3n) is 5.32. The Kier molecular flexibility index (Phi) is 4.21. The molecule has 5 nitrogen and oxygen atoms in total. The van der Waals surface area contributed by atoms with Crippen LogP contribution in [0.4, 0.5) is 0 Å². The summed E-state index contributed by atoms with van der Waals surface area (Å²) in [6, 6.07) is 18.3. The first-order chi connectivity index (χ1) is 14.2. The second-order valence-electron chi connectivity index (χ2n) is 7.16. The summed E-state index contributed by atoms with van der Waals surface area (Å²) >= 11 is 0. The van der Waals surface area contributed by atoms with Crippen LogP contribution in [0.25, 0.3) is 16.6 Å². The minimum Gasteiger partial charge on any atom is -0.334 e. The number of aromatic amines is 1. The summed E-state index contributed by atoms with van der Waals surface area (Å²) in [4.78, 5) is 24.9. The van der Waals surface area contributed by atoms with E-state index in [1.807, 2.05) is 30.5 Å². The average molecular weight is 380 g/mol. The van der Waals surface area contributed by atoms with E-state index in [1.54, 1.807) is 18.5 Å². The monoisotopic (exact) mass is 380 g/mol. The van der Waals surface area contributed by atoms with Crippen molar-refractivity contribution < 1.29 is 4.79 Å². The van der Waals surface area contributed by atoms with Gasteiger partial charge in [0, 0.05) is 24.5 Å². The Morgan fingerprint density at radius 2 is 1.90 bits per heavy atom. The molecule has 29 heavy (non-hydrogen) atoms. The van der Waals surface area contributed by atoms with Crippen LogP contribution in [0.3, 0.4) is 0 Å². The number of carbonyl (C=O) groups is 1. The smallest absolute Gasteiger partial charge is 0.230 e. The molecule has 5 heteroatoms. The van der Waals surface area contributed by atoms with Crippen LogP contribution in [-0.2, 0) is 12.8 Å². The van der Waals surface area contributed by atoms with Crippen molar-refractivity contribution in [2.75, 3.05) is 0 Å². The van der Waals surface area contributed by atoms with E-state index < -0.39 is 0 Å². The van der Waals surface area contributed by atoms with Gasteiger partial charge in [0.15, 0.2) is 5.82 Å². The number of rotatable bonds is 5. The molecule has 0 radical (unpaired) electrons. The van der Waals surface area contributed by atoms with Crippen molar-refractivity contribution in [3.8, 4) is 0 Å². The van der Waals surface area contributed by atoms with Crippen molar-refractivity contribution in [1.82, 2.24) is 19.4 Å². The lowest BCUT2D eigenvalue weighted by Crippen LogP contribution is -2.03. The first kappa shape index (κ1) is 17.4. The molecule has 0 aliphatic rings. The Balaban J connectivity index is 1.56. The van der Waals surface area contributed by atoms with E-state index in [9.17, 15) is 4.79 Å². The molecule has 1 N–H and O–H groups in total. The SMILES string of the molecule is CCc1ccc(Cc2cc(C(=O)c3nc4ccncc4[nH]3)c3ccccn23)cc1. The predicted molar refractivity (Wildman–Crippen MR) is 113 cm³/mol. The number of nitrogens with zero attached hydrogens (tertiary/aromatic N) is 3. The number of hydrogen-bond donors (Lipinski definition) is 1. The maximum Gasteiger partial charge on any atom is 0.230 e. The number of carbonyl (C=O) groups excluding carboxylic acids is 1. The van der Waals surface area contributed by atoms with Crippen molar-refractivity contribution in [2.24, 2.45) is 0 Å². The molecule has 0 amide bonds. The molecular formula is C24H20N4O. The van der Waals surface area contributed by atoms with E-state index in [4.69, 9.17) is 0 Å². The van der Waals surface area contributed by atoms with Crippen LogP contribution in [0.5, 0.6) is 0 Å². The third-order valence-corrected chi connectivity index (χ3v) is 5.32. The fourth-order valence-electron chi connectivity index (χ4n) is 3.74. The zero-order valence-corrected chi connectivity index (χ0v) is 16.1. The largest absolute Gasteiger partial charge is 0.334 e. The molecule has 5 aromatic rings. The first-order valence-electron chi connectivity index (χ1n) is 9.74. The van der Waals surface area contributed by atoms with Gasteiger partial charge in [0.05, 0.1) is 28.3 Å². The normalized spacial score (nSPS) is 11.3. The molecule has 4 aromatic heterocycles. The number of imidazole rings is 1. The third kappa shape index (κ3) is 3.10. The number of benzene rings is 1. The molecule has 142 valence electrons. The summed E-state index contributed by atoms with van der Waals surface area (Å²) in [5.41, 5.74) is 6.65. The fourth-order valence-corrected chi connectivity index (χ4v) is 3.74. The fraction of sp³-hybridized carbons (Fsp3) is 0.125. The Labute approximate surface area is 168 Å². The maximum absolute atomic E-state index is 13.3. The highest BCUT2D eigenvalue weighted by molar-refractivity contribution is 6.12. The van der Waals surface area contributed by atoms with Gasteiger partial charge in [-0.3, -0.25) is 9.78 Å². The quantitative estimate of drug-likeness (QED) is 0.454. The Morgan fingerprint density at radius 3 is 2.69 bits per heavy atom. The van der Waals surface area contributed by atoms with E-state index >= 15 is 0 Å². The topological polar surface area (TPSA) is 63.0 Å². The first-order valence-corrected chi connectivity index (χ1v) is 9.74. The van der Waals surface area contributed by atoms with Crippen molar-refractivity contribution in [1.29, 1.82) is 0 Å². The maximum atomic E-state index is 13.3. The molecule has 0 aliphatic heterocycles. The van der Waals surface area contributed by atoms with Gasteiger partial charge in [0.1, 0.15) is 0 Å². The average Bonchev–Trinajstić information content (AvgIpc) is 3.36. The number of hydrogen-bond acceptors (Lipinski definition) is 3. The van der Waals surface area contributed by atoms with E-state index in [2.05, 4.69) is 50.5 Å². The van der Waals surface area contributed by atoms with Gasteiger partial charge in [-0.05, 0) is 41.8 Å². The Hall–Kier alpha value is -3.73. The van der Waals surface area contributed by atoms with Gasteiger partial charge in [-0.1, -0.05) is 37.3 Å². The minimum atomic E-state index is -0.113. The molecule has 0 atom stereocenters. The summed E-state index contributed by atoms with van der Waals surface area (Å²) in [6.45, 7) is 2.15. The second kappa shape index (κ2) is 7.02. The highest BCUT2D eigenvalue weighted by atomic mass is 16.1. The van der Waals surface area contributed by atoms with Crippen LogP contribution < -0.4 is 0 Å². The van der Waals surface area contributed by atoms with E-state index in [0.29, 0.717) is 11.4 Å². The molecule has 0 saturated heterocycles. The molecule has 0 bridgehead atoms. The molecule has 0 saturated carbocycles. The second-order valence-corrected chi connectivity index (χ2v) is 7.16. The summed E-state index contributed by atoms with van der Waals surface area (Å²) in [5, 5.41) is 0. The highest BCUT2D eigenvalue weighted by Crippen LogP contribution is 2.23. The van der Waals surface area contributed by atoms with Gasteiger partial charge in [0.2, 0.25) is 5.78 Å². The van der Waals surface area contributed by atoms with Gasteiger partial charge < -0.3 is 9.38 Å². The number of fused-ring (bicyclic) bond motifs is 2. The van der Waals surface area contributed by atoms with E-state index in [-0.39, 0.29) is 5.78 Å². The van der Waals surface area contributed by atoms with Crippen LogP contribution in [0.15, 0.2) is 73.2 Å². The molecule has 0 fully saturated rings. The number of aromatic nitrogens is 4. The molecule has 0 spiro atoms. The van der Waals surface area contributed by atoms with E-state index in [0.717, 1.165) is 35.1 Å². The van der Waals surface area contributed by atoms with Crippen molar-refractivity contribution in [2.45, 2.75) is 19.8 Å². The number of aryl methyl sites for hydroxylation is 1. The zero-order valence-electron chi connectivity index (χ0n) is 16.1. The van der Waals surface area contributed by atoms with Crippen molar-refractivity contribution >= 4 is 22.3 Å². The lowest BCUT2D eigenvalue weighted by molar-refractivity contribution is 0.103. The molecule has 0 aliphatic carbocycles. The summed E-state index contributed by atoms with van der Waals surface area (Å²) in [6.07, 6.45) is 7.15. The Morgan fingerprint density at radius 1 is 1.07 bits per heavy atom. The van der Waals surface area contributed by atoms with Crippen molar-refractivity contribution in [3.05, 3.63) is 101 Å². The Bertz CT molecular complexity index is 1300. The number of nitrogens with one attached hydrogen (secondary N) is 1. The molecule has 0 unspecified atom stereocenters. The highest BCUT2D eigenvalue weighted by Gasteiger charge is 2.20. The van der Waals surface area contributed by atoms with Crippen LogP contribution in [0.1, 0.15) is 39.9 Å². The van der Waals surface area contributed by atoms with Gasteiger partial charge >= 0.3 is 0 Å². The zero-order chi connectivity index (χ0) is 19.8. The van der Waals surface area contributed by atoms with Crippen molar-refractivity contribution in [3.63, 3.8) is 0 Å². The van der Waals surface area contributed by atoms with E-state index in [1.165, 1.54) is 11.1 Å². The van der Waals surface area contributed by atoms with Gasteiger partial charge in [-0.15, -0.1) is 0 Å². The standard InChI is InChI=1S/C24H20N4O/c1-2-16-6-8-17(9-7-16)13-18-14-19(22-5-3-4-12-28(18)22)23(29)24-26-20-10-11-25-15-21(20)27-24/h3-12,14-15H,2,13H2,1H3,(H,26,27). The molecule has 4 heterocycles. The van der Waals surface area contributed by atoms with Crippen LogP contribution in [0.2, 0.25) is 0 Å². The van der Waals surface area contributed by atoms with Gasteiger partial charge in [0.25, 0.3) is 0 Å².